The minimum Gasteiger partial charge on any atom is -0.380 e. The highest BCUT2D eigenvalue weighted by Crippen LogP contribution is 2.06. The minimum atomic E-state index is 0.600. The molecule has 0 amide bonds. The average molecular weight is 249 g/mol. The van der Waals surface area contributed by atoms with Crippen LogP contribution in [-0.4, -0.2) is 56.7 Å². The van der Waals surface area contributed by atoms with E-state index in [2.05, 4.69) is 10.2 Å². The second-order valence-corrected chi connectivity index (χ2v) is 4.69. The third-order valence-corrected chi connectivity index (χ3v) is 3.04. The summed E-state index contributed by atoms with van der Waals surface area (Å²) in [5, 5.41) is 3.45. The van der Waals surface area contributed by atoms with E-state index in [0.29, 0.717) is 12.5 Å². The van der Waals surface area contributed by atoms with Crippen molar-refractivity contribution < 1.29 is 4.74 Å². The molecule has 1 aliphatic rings. The molecule has 1 heterocycles. The Labute approximate surface area is 104 Å². The van der Waals surface area contributed by atoms with E-state index in [0.717, 1.165) is 26.1 Å². The maximum absolute atomic E-state index is 5.50. The third kappa shape index (κ3) is 7.44. The van der Waals surface area contributed by atoms with Crippen molar-refractivity contribution in [2.75, 3.05) is 51.8 Å². The minimum absolute atomic E-state index is 0.600. The van der Waals surface area contributed by atoms with Crippen molar-refractivity contribution in [3.63, 3.8) is 0 Å². The number of nitrogens with zero attached hydrogens (tertiary/aromatic N) is 1. The standard InChI is InChI=1S/C12H25ClN2O/c13-5-12-16-11-4-7-14-6-3-10-15-8-1-2-9-15/h14H,1-12H2. The molecule has 0 radical (unpaired) electrons. The van der Waals surface area contributed by atoms with Crippen LogP contribution in [0.5, 0.6) is 0 Å². The first-order valence-corrected chi connectivity index (χ1v) is 7.03. The molecule has 0 atom stereocenters. The van der Waals surface area contributed by atoms with Gasteiger partial charge in [0.2, 0.25) is 0 Å². The number of alkyl halides is 1. The molecule has 0 saturated carbocycles. The zero-order valence-electron chi connectivity index (χ0n) is 10.2. The molecule has 4 heteroatoms. The van der Waals surface area contributed by atoms with Gasteiger partial charge in [0, 0.05) is 12.5 Å². The predicted octanol–water partition coefficient (Wildman–Crippen LogP) is 1.71. The highest BCUT2D eigenvalue weighted by molar-refractivity contribution is 6.17. The van der Waals surface area contributed by atoms with Gasteiger partial charge >= 0.3 is 0 Å². The van der Waals surface area contributed by atoms with Gasteiger partial charge in [-0.05, 0) is 58.4 Å². The van der Waals surface area contributed by atoms with Crippen molar-refractivity contribution in [2.45, 2.75) is 25.7 Å². The summed E-state index contributed by atoms with van der Waals surface area (Å²) in [6.07, 6.45) is 5.14. The first kappa shape index (κ1) is 14.2. The van der Waals surface area contributed by atoms with Gasteiger partial charge in [0.25, 0.3) is 0 Å². The van der Waals surface area contributed by atoms with E-state index in [1.165, 1.54) is 38.9 Å². The van der Waals surface area contributed by atoms with Crippen LogP contribution in [0.15, 0.2) is 0 Å². The Hall–Kier alpha value is 0.170. The second kappa shape index (κ2) is 10.3. The Bertz CT molecular complexity index is 152. The van der Waals surface area contributed by atoms with Crippen LogP contribution in [0.25, 0.3) is 0 Å². The summed E-state index contributed by atoms with van der Waals surface area (Å²) in [5.41, 5.74) is 0. The highest BCUT2D eigenvalue weighted by atomic mass is 35.5. The van der Waals surface area contributed by atoms with Crippen molar-refractivity contribution in [2.24, 2.45) is 0 Å². The fraction of sp³-hybridized carbons (Fsp3) is 1.00. The van der Waals surface area contributed by atoms with Crippen molar-refractivity contribution in [1.29, 1.82) is 0 Å². The van der Waals surface area contributed by atoms with Crippen LogP contribution in [0.2, 0.25) is 0 Å². The highest BCUT2D eigenvalue weighted by Gasteiger charge is 2.09. The maximum Gasteiger partial charge on any atom is 0.0601 e. The van der Waals surface area contributed by atoms with E-state index in [1.54, 1.807) is 0 Å². The topological polar surface area (TPSA) is 24.5 Å². The Kier molecular flexibility index (Phi) is 9.19. The smallest absolute Gasteiger partial charge is 0.0601 e. The van der Waals surface area contributed by atoms with Gasteiger partial charge in [0.05, 0.1) is 6.61 Å². The molecule has 0 bridgehead atoms. The maximum atomic E-state index is 5.50. The molecule has 0 aromatic rings. The van der Waals surface area contributed by atoms with Crippen molar-refractivity contribution in [3.05, 3.63) is 0 Å². The number of hydrogen-bond donors (Lipinski definition) is 1. The van der Waals surface area contributed by atoms with Gasteiger partial charge in [-0.25, -0.2) is 0 Å². The zero-order chi connectivity index (χ0) is 11.5. The molecule has 1 fully saturated rings. The quantitative estimate of drug-likeness (QED) is 0.471. The summed E-state index contributed by atoms with van der Waals surface area (Å²) in [4.78, 5) is 2.56. The van der Waals surface area contributed by atoms with Gasteiger partial charge in [0.15, 0.2) is 0 Å². The summed E-state index contributed by atoms with van der Waals surface area (Å²) in [6.45, 7) is 7.57. The molecule has 0 spiro atoms. The van der Waals surface area contributed by atoms with E-state index in [-0.39, 0.29) is 0 Å². The molecule has 0 aromatic carbocycles. The van der Waals surface area contributed by atoms with Crippen LogP contribution in [-0.2, 0) is 4.74 Å². The Morgan fingerprint density at radius 1 is 1.06 bits per heavy atom. The zero-order valence-corrected chi connectivity index (χ0v) is 11.0. The van der Waals surface area contributed by atoms with Gasteiger partial charge in [-0.1, -0.05) is 0 Å². The van der Waals surface area contributed by atoms with E-state index in [4.69, 9.17) is 16.3 Å². The lowest BCUT2D eigenvalue weighted by Gasteiger charge is -2.14. The summed E-state index contributed by atoms with van der Waals surface area (Å²) < 4.78 is 5.29. The number of ether oxygens (including phenoxy) is 1. The van der Waals surface area contributed by atoms with Crippen LogP contribution in [0.3, 0.4) is 0 Å². The van der Waals surface area contributed by atoms with Crippen LogP contribution in [0, 0.1) is 0 Å². The molecule has 96 valence electrons. The third-order valence-electron chi connectivity index (χ3n) is 2.89. The van der Waals surface area contributed by atoms with E-state index in [1.807, 2.05) is 0 Å². The molecule has 0 unspecified atom stereocenters. The number of rotatable bonds is 10. The van der Waals surface area contributed by atoms with E-state index < -0.39 is 0 Å². The van der Waals surface area contributed by atoms with Gasteiger partial charge in [-0.15, -0.1) is 11.6 Å². The van der Waals surface area contributed by atoms with E-state index >= 15 is 0 Å². The van der Waals surface area contributed by atoms with Crippen LogP contribution < -0.4 is 5.32 Å². The van der Waals surface area contributed by atoms with Gasteiger partial charge in [-0.2, -0.15) is 0 Å². The number of nitrogens with one attached hydrogen (secondary N) is 1. The van der Waals surface area contributed by atoms with Crippen LogP contribution >= 0.6 is 11.6 Å². The van der Waals surface area contributed by atoms with Gasteiger partial charge in [-0.3, -0.25) is 0 Å². The van der Waals surface area contributed by atoms with E-state index in [9.17, 15) is 0 Å². The molecule has 1 aliphatic heterocycles. The molecule has 0 aliphatic carbocycles. The van der Waals surface area contributed by atoms with Crippen LogP contribution in [0.1, 0.15) is 25.7 Å². The SMILES string of the molecule is ClCCOCCCNCCCN1CCCC1. The Balaban J connectivity index is 1.71. The molecular weight excluding hydrogens is 224 g/mol. The summed E-state index contributed by atoms with van der Waals surface area (Å²) in [5.74, 6) is 0.600. The lowest BCUT2D eigenvalue weighted by molar-refractivity contribution is 0.146. The lowest BCUT2D eigenvalue weighted by Crippen LogP contribution is -2.25. The summed E-state index contributed by atoms with van der Waals surface area (Å²) in [7, 11) is 0. The van der Waals surface area contributed by atoms with Crippen molar-refractivity contribution in [3.8, 4) is 0 Å². The van der Waals surface area contributed by atoms with Crippen LogP contribution in [0.4, 0.5) is 0 Å². The monoisotopic (exact) mass is 248 g/mol. The lowest BCUT2D eigenvalue weighted by atomic mass is 10.3. The van der Waals surface area contributed by atoms with Gasteiger partial charge < -0.3 is 15.0 Å². The number of likely N-dealkylation sites (tertiary alicyclic amines) is 1. The molecular formula is C12H25ClN2O. The first-order chi connectivity index (χ1) is 7.93. The second-order valence-electron chi connectivity index (χ2n) is 4.31. The number of hydrogen-bond acceptors (Lipinski definition) is 3. The summed E-state index contributed by atoms with van der Waals surface area (Å²) in [6, 6.07) is 0. The van der Waals surface area contributed by atoms with Crippen molar-refractivity contribution >= 4 is 11.6 Å². The molecule has 1 N–H and O–H groups in total. The first-order valence-electron chi connectivity index (χ1n) is 6.50. The van der Waals surface area contributed by atoms with Crippen molar-refractivity contribution in [1.82, 2.24) is 10.2 Å². The number of halogens is 1. The normalized spacial score (nSPS) is 17.1. The largest absolute Gasteiger partial charge is 0.380 e. The van der Waals surface area contributed by atoms with Gasteiger partial charge in [0.1, 0.15) is 0 Å². The molecule has 0 aromatic heterocycles. The Morgan fingerprint density at radius 2 is 1.81 bits per heavy atom. The summed E-state index contributed by atoms with van der Waals surface area (Å²) >= 11 is 5.50. The molecule has 1 saturated heterocycles. The average Bonchev–Trinajstić information content (AvgIpc) is 2.80. The Morgan fingerprint density at radius 3 is 2.56 bits per heavy atom. The predicted molar refractivity (Wildman–Crippen MR) is 69.3 cm³/mol. The fourth-order valence-electron chi connectivity index (χ4n) is 2.01. The molecule has 3 nitrogen and oxygen atoms in total. The molecule has 16 heavy (non-hydrogen) atoms. The molecule has 1 rings (SSSR count). The fourth-order valence-corrected chi connectivity index (χ4v) is 2.12.